The Morgan fingerprint density at radius 1 is 1.22 bits per heavy atom. The lowest BCUT2D eigenvalue weighted by Crippen LogP contribution is -2.03. The maximum atomic E-state index is 5.63. The molecule has 1 heterocycles. The third-order valence-electron chi connectivity index (χ3n) is 2.36. The number of nitrogen functional groups attached to an aromatic ring is 1. The highest BCUT2D eigenvalue weighted by atomic mass is 16.5. The summed E-state index contributed by atoms with van der Waals surface area (Å²) in [5, 5.41) is 3.18. The van der Waals surface area contributed by atoms with Crippen molar-refractivity contribution in [3.8, 4) is 5.88 Å². The zero-order valence-corrected chi connectivity index (χ0v) is 10.3. The van der Waals surface area contributed by atoms with Crippen molar-refractivity contribution in [2.24, 2.45) is 0 Å². The van der Waals surface area contributed by atoms with Gasteiger partial charge in [-0.1, -0.05) is 12.1 Å². The number of aromatic nitrogens is 2. The molecule has 0 fully saturated rings. The Hall–Kier alpha value is -2.30. The molecule has 0 aliphatic rings. The van der Waals surface area contributed by atoms with Gasteiger partial charge in [0.15, 0.2) is 0 Å². The maximum Gasteiger partial charge on any atom is 0.234 e. The van der Waals surface area contributed by atoms with Crippen LogP contribution in [0.1, 0.15) is 12.5 Å². The number of nitrogens with one attached hydrogen (secondary N) is 1. The predicted molar refractivity (Wildman–Crippen MR) is 71.4 cm³/mol. The van der Waals surface area contributed by atoms with Crippen molar-refractivity contribution in [3.05, 3.63) is 42.2 Å². The summed E-state index contributed by atoms with van der Waals surface area (Å²) in [5.74, 6) is 1.22. The molecule has 0 aliphatic heterocycles. The lowest BCUT2D eigenvalue weighted by Gasteiger charge is -2.07. The second kappa shape index (κ2) is 5.86. The lowest BCUT2D eigenvalue weighted by molar-refractivity contribution is 0.325. The highest BCUT2D eigenvalue weighted by molar-refractivity contribution is 5.41. The number of rotatable bonds is 5. The summed E-state index contributed by atoms with van der Waals surface area (Å²) in [5.41, 5.74) is 7.52. The predicted octanol–water partition coefficient (Wildman–Crippen LogP) is 2.07. The van der Waals surface area contributed by atoms with Crippen LogP contribution in [0.4, 0.5) is 11.5 Å². The minimum absolute atomic E-state index is 0.528. The van der Waals surface area contributed by atoms with E-state index >= 15 is 0 Å². The fourth-order valence-electron chi connectivity index (χ4n) is 1.48. The molecule has 5 nitrogen and oxygen atoms in total. The molecule has 94 valence electrons. The van der Waals surface area contributed by atoms with Crippen LogP contribution < -0.4 is 15.8 Å². The largest absolute Gasteiger partial charge is 0.477 e. The van der Waals surface area contributed by atoms with Crippen LogP contribution in [0.3, 0.4) is 0 Å². The number of anilines is 2. The molecule has 2 aromatic rings. The van der Waals surface area contributed by atoms with E-state index in [1.54, 1.807) is 12.4 Å². The summed E-state index contributed by atoms with van der Waals surface area (Å²) in [6, 6.07) is 7.70. The first-order chi connectivity index (χ1) is 8.78. The fraction of sp³-hybridized carbons (Fsp3) is 0.231. The Morgan fingerprint density at radius 2 is 2.00 bits per heavy atom. The molecule has 18 heavy (non-hydrogen) atoms. The van der Waals surface area contributed by atoms with Crippen molar-refractivity contribution in [1.29, 1.82) is 0 Å². The standard InChI is InChI=1S/C13H16N4O/c1-2-18-13-9-15-8-12(17-13)16-7-10-3-5-11(14)6-4-10/h3-6,8-9H,2,7,14H2,1H3,(H,16,17). The van der Waals surface area contributed by atoms with Gasteiger partial charge in [-0.15, -0.1) is 0 Å². The van der Waals surface area contributed by atoms with Gasteiger partial charge in [-0.2, -0.15) is 4.98 Å². The van der Waals surface area contributed by atoms with Crippen LogP contribution in [0.15, 0.2) is 36.7 Å². The summed E-state index contributed by atoms with van der Waals surface area (Å²) in [6.45, 7) is 3.16. The fourth-order valence-corrected chi connectivity index (χ4v) is 1.48. The summed E-state index contributed by atoms with van der Waals surface area (Å²) >= 11 is 0. The number of nitrogens with two attached hydrogens (primary N) is 1. The number of hydrogen-bond acceptors (Lipinski definition) is 5. The van der Waals surface area contributed by atoms with Crippen LogP contribution in [-0.4, -0.2) is 16.6 Å². The van der Waals surface area contributed by atoms with Crippen LogP contribution >= 0.6 is 0 Å². The van der Waals surface area contributed by atoms with Crippen molar-refractivity contribution in [1.82, 2.24) is 9.97 Å². The van der Waals surface area contributed by atoms with Gasteiger partial charge >= 0.3 is 0 Å². The molecule has 0 spiro atoms. The van der Waals surface area contributed by atoms with Crippen molar-refractivity contribution >= 4 is 11.5 Å². The molecule has 0 amide bonds. The van der Waals surface area contributed by atoms with E-state index in [-0.39, 0.29) is 0 Å². The van der Waals surface area contributed by atoms with Gasteiger partial charge in [0.1, 0.15) is 5.82 Å². The zero-order valence-electron chi connectivity index (χ0n) is 10.3. The van der Waals surface area contributed by atoms with E-state index < -0.39 is 0 Å². The first-order valence-corrected chi connectivity index (χ1v) is 5.81. The minimum Gasteiger partial charge on any atom is -0.477 e. The first-order valence-electron chi connectivity index (χ1n) is 5.81. The third-order valence-corrected chi connectivity index (χ3v) is 2.36. The maximum absolute atomic E-state index is 5.63. The average molecular weight is 244 g/mol. The zero-order chi connectivity index (χ0) is 12.8. The van der Waals surface area contributed by atoms with Gasteiger partial charge in [0.05, 0.1) is 19.0 Å². The van der Waals surface area contributed by atoms with Crippen molar-refractivity contribution in [2.45, 2.75) is 13.5 Å². The Kier molecular flexibility index (Phi) is 3.96. The van der Waals surface area contributed by atoms with Crippen LogP contribution in [0, 0.1) is 0 Å². The van der Waals surface area contributed by atoms with Crippen LogP contribution in [0.2, 0.25) is 0 Å². The Labute approximate surface area is 106 Å². The molecule has 0 saturated heterocycles. The highest BCUT2D eigenvalue weighted by Gasteiger charge is 1.99. The van der Waals surface area contributed by atoms with Gasteiger partial charge in [-0.3, -0.25) is 4.98 Å². The van der Waals surface area contributed by atoms with Gasteiger partial charge in [0.25, 0.3) is 0 Å². The molecule has 0 bridgehead atoms. The summed E-state index contributed by atoms with van der Waals surface area (Å²) in [6.07, 6.45) is 3.26. The second-order valence-corrected chi connectivity index (χ2v) is 3.77. The first kappa shape index (κ1) is 12.2. The van der Waals surface area contributed by atoms with Gasteiger partial charge < -0.3 is 15.8 Å². The average Bonchev–Trinajstić information content (AvgIpc) is 2.39. The topological polar surface area (TPSA) is 73.1 Å². The number of benzene rings is 1. The SMILES string of the molecule is CCOc1cncc(NCc2ccc(N)cc2)n1. The molecule has 0 unspecified atom stereocenters. The lowest BCUT2D eigenvalue weighted by atomic mass is 10.2. The molecule has 3 N–H and O–H groups in total. The molecule has 0 saturated carbocycles. The summed E-state index contributed by atoms with van der Waals surface area (Å²) < 4.78 is 5.28. The molecule has 1 aromatic carbocycles. The summed E-state index contributed by atoms with van der Waals surface area (Å²) in [4.78, 5) is 8.33. The van der Waals surface area contributed by atoms with E-state index in [2.05, 4.69) is 15.3 Å². The number of ether oxygens (including phenoxy) is 1. The van der Waals surface area contributed by atoms with E-state index in [9.17, 15) is 0 Å². The molecule has 0 radical (unpaired) electrons. The Balaban J connectivity index is 1.97. The van der Waals surface area contributed by atoms with Crippen molar-refractivity contribution in [3.63, 3.8) is 0 Å². The number of hydrogen-bond donors (Lipinski definition) is 2. The monoisotopic (exact) mass is 244 g/mol. The van der Waals surface area contributed by atoms with Gasteiger partial charge in [0, 0.05) is 12.2 Å². The quantitative estimate of drug-likeness (QED) is 0.788. The van der Waals surface area contributed by atoms with Crippen LogP contribution in [-0.2, 0) is 6.54 Å². The molecule has 0 atom stereocenters. The molecule has 2 rings (SSSR count). The molecule has 5 heteroatoms. The molecular formula is C13H16N4O. The molecule has 0 aliphatic carbocycles. The van der Waals surface area contributed by atoms with Crippen LogP contribution in [0.25, 0.3) is 0 Å². The Bertz CT molecular complexity index is 499. The van der Waals surface area contributed by atoms with Crippen molar-refractivity contribution in [2.75, 3.05) is 17.7 Å². The molecule has 1 aromatic heterocycles. The number of nitrogens with zero attached hydrogens (tertiary/aromatic N) is 2. The Morgan fingerprint density at radius 3 is 2.72 bits per heavy atom. The smallest absolute Gasteiger partial charge is 0.234 e. The van der Waals surface area contributed by atoms with Crippen molar-refractivity contribution < 1.29 is 4.74 Å². The van der Waals surface area contributed by atoms with E-state index in [0.717, 1.165) is 11.3 Å². The van der Waals surface area contributed by atoms with E-state index in [4.69, 9.17) is 10.5 Å². The summed E-state index contributed by atoms with van der Waals surface area (Å²) in [7, 11) is 0. The second-order valence-electron chi connectivity index (χ2n) is 3.77. The van der Waals surface area contributed by atoms with Gasteiger partial charge in [-0.25, -0.2) is 0 Å². The minimum atomic E-state index is 0.528. The van der Waals surface area contributed by atoms with Gasteiger partial charge in [0.2, 0.25) is 5.88 Å². The van der Waals surface area contributed by atoms with Gasteiger partial charge in [-0.05, 0) is 24.6 Å². The van der Waals surface area contributed by atoms with E-state index in [1.165, 1.54) is 0 Å². The normalized spacial score (nSPS) is 10.1. The van der Waals surface area contributed by atoms with E-state index in [0.29, 0.717) is 24.8 Å². The third kappa shape index (κ3) is 3.35. The van der Waals surface area contributed by atoms with Crippen LogP contribution in [0.5, 0.6) is 5.88 Å². The molecular weight excluding hydrogens is 228 g/mol. The van der Waals surface area contributed by atoms with E-state index in [1.807, 2.05) is 31.2 Å². The highest BCUT2D eigenvalue weighted by Crippen LogP contribution is 2.11.